The molecule has 136 valence electrons. The van der Waals surface area contributed by atoms with Crippen LogP contribution in [0, 0.1) is 0 Å². The molecule has 0 aliphatic heterocycles. The van der Waals surface area contributed by atoms with Crippen LogP contribution in [-0.4, -0.2) is 36.2 Å². The highest BCUT2D eigenvalue weighted by Gasteiger charge is 2.21. The summed E-state index contributed by atoms with van der Waals surface area (Å²) in [6.45, 7) is 11.9. The highest BCUT2D eigenvalue weighted by Crippen LogP contribution is 2.19. The van der Waals surface area contributed by atoms with Crippen LogP contribution in [0.5, 0.6) is 0 Å². The standard InChI is InChI=1S/C20H34N2O2/c1-6-8-14-18(17-12-10-9-11-13-17)21-15-16-22(7-2)19(23)24-20(3,4)5/h9-13,18,21H,6-8,14-16H2,1-5H3. The molecule has 1 atom stereocenters. The first-order valence-corrected chi connectivity index (χ1v) is 9.13. The number of nitrogens with one attached hydrogen (secondary N) is 1. The molecule has 1 rings (SSSR count). The van der Waals surface area contributed by atoms with Crippen LogP contribution in [-0.2, 0) is 4.74 Å². The van der Waals surface area contributed by atoms with Gasteiger partial charge in [0.25, 0.3) is 0 Å². The fraction of sp³-hybridized carbons (Fsp3) is 0.650. The van der Waals surface area contributed by atoms with Gasteiger partial charge in [-0.05, 0) is 39.7 Å². The first kappa shape index (κ1) is 20.5. The zero-order chi connectivity index (χ0) is 18.0. The van der Waals surface area contributed by atoms with Crippen molar-refractivity contribution in [1.29, 1.82) is 0 Å². The summed E-state index contributed by atoms with van der Waals surface area (Å²) in [7, 11) is 0. The van der Waals surface area contributed by atoms with E-state index < -0.39 is 5.60 Å². The third-order valence-corrected chi connectivity index (χ3v) is 3.85. The number of hydrogen-bond acceptors (Lipinski definition) is 3. The van der Waals surface area contributed by atoms with Gasteiger partial charge in [-0.3, -0.25) is 0 Å². The maximum absolute atomic E-state index is 12.2. The molecule has 1 amide bonds. The van der Waals surface area contributed by atoms with Crippen molar-refractivity contribution < 1.29 is 9.53 Å². The van der Waals surface area contributed by atoms with Crippen LogP contribution in [0.3, 0.4) is 0 Å². The Kier molecular flexibility index (Phi) is 8.83. The summed E-state index contributed by atoms with van der Waals surface area (Å²) in [6, 6.07) is 10.9. The SMILES string of the molecule is CCCCC(NCCN(CC)C(=O)OC(C)(C)C)c1ccccc1. The molecule has 0 saturated carbocycles. The largest absolute Gasteiger partial charge is 0.444 e. The van der Waals surface area contributed by atoms with E-state index in [2.05, 4.69) is 36.5 Å². The van der Waals surface area contributed by atoms with E-state index in [0.717, 1.165) is 13.0 Å². The van der Waals surface area contributed by atoms with Crippen molar-refractivity contribution in [3.05, 3.63) is 35.9 Å². The average Bonchev–Trinajstić information content (AvgIpc) is 2.53. The van der Waals surface area contributed by atoms with Crippen molar-refractivity contribution >= 4 is 6.09 Å². The van der Waals surface area contributed by atoms with Crippen molar-refractivity contribution in [3.63, 3.8) is 0 Å². The van der Waals surface area contributed by atoms with E-state index in [1.54, 1.807) is 4.90 Å². The summed E-state index contributed by atoms with van der Waals surface area (Å²) in [5.74, 6) is 0. The number of carbonyl (C=O) groups excluding carboxylic acids is 1. The molecule has 0 aliphatic carbocycles. The van der Waals surface area contributed by atoms with Gasteiger partial charge < -0.3 is 15.0 Å². The number of ether oxygens (including phenoxy) is 1. The zero-order valence-corrected chi connectivity index (χ0v) is 16.0. The second-order valence-corrected chi connectivity index (χ2v) is 7.12. The lowest BCUT2D eigenvalue weighted by Gasteiger charge is -2.27. The minimum absolute atomic E-state index is 0.239. The average molecular weight is 335 g/mol. The van der Waals surface area contributed by atoms with Crippen LogP contribution in [0.25, 0.3) is 0 Å². The molecule has 1 unspecified atom stereocenters. The van der Waals surface area contributed by atoms with E-state index in [1.807, 2.05) is 33.8 Å². The number of hydrogen-bond donors (Lipinski definition) is 1. The smallest absolute Gasteiger partial charge is 0.410 e. The van der Waals surface area contributed by atoms with E-state index in [9.17, 15) is 4.79 Å². The van der Waals surface area contributed by atoms with Gasteiger partial charge >= 0.3 is 6.09 Å². The number of nitrogens with zero attached hydrogens (tertiary/aromatic N) is 1. The van der Waals surface area contributed by atoms with Gasteiger partial charge in [0.15, 0.2) is 0 Å². The van der Waals surface area contributed by atoms with Gasteiger partial charge in [-0.15, -0.1) is 0 Å². The lowest BCUT2D eigenvalue weighted by molar-refractivity contribution is 0.0261. The highest BCUT2D eigenvalue weighted by atomic mass is 16.6. The van der Waals surface area contributed by atoms with E-state index in [4.69, 9.17) is 4.74 Å². The van der Waals surface area contributed by atoms with Crippen molar-refractivity contribution in [2.45, 2.75) is 65.5 Å². The summed E-state index contributed by atoms with van der Waals surface area (Å²) >= 11 is 0. The van der Waals surface area contributed by atoms with E-state index in [1.165, 1.54) is 18.4 Å². The quantitative estimate of drug-likeness (QED) is 0.707. The number of rotatable bonds is 9. The van der Waals surface area contributed by atoms with E-state index in [0.29, 0.717) is 19.1 Å². The Hall–Kier alpha value is -1.55. The van der Waals surface area contributed by atoms with Gasteiger partial charge in [0.05, 0.1) is 0 Å². The predicted molar refractivity (Wildman–Crippen MR) is 100 cm³/mol. The molecular formula is C20H34N2O2. The Labute approximate surface area is 147 Å². The Balaban J connectivity index is 2.55. The second kappa shape index (κ2) is 10.3. The summed E-state index contributed by atoms with van der Waals surface area (Å²) in [5.41, 5.74) is 0.859. The van der Waals surface area contributed by atoms with Crippen molar-refractivity contribution in [2.24, 2.45) is 0 Å². The lowest BCUT2D eigenvalue weighted by atomic mass is 10.0. The van der Waals surface area contributed by atoms with Gasteiger partial charge in [-0.1, -0.05) is 50.1 Å². The molecule has 0 radical (unpaired) electrons. The van der Waals surface area contributed by atoms with Gasteiger partial charge in [0, 0.05) is 25.7 Å². The highest BCUT2D eigenvalue weighted by molar-refractivity contribution is 5.68. The van der Waals surface area contributed by atoms with Crippen LogP contribution >= 0.6 is 0 Å². The zero-order valence-electron chi connectivity index (χ0n) is 16.0. The molecule has 1 N–H and O–H groups in total. The predicted octanol–water partition coefficient (Wildman–Crippen LogP) is 4.76. The van der Waals surface area contributed by atoms with Crippen LogP contribution in [0.15, 0.2) is 30.3 Å². The molecule has 1 aromatic rings. The maximum Gasteiger partial charge on any atom is 0.410 e. The fourth-order valence-corrected chi connectivity index (χ4v) is 2.56. The number of unbranched alkanes of at least 4 members (excludes halogenated alkanes) is 1. The topological polar surface area (TPSA) is 41.6 Å². The minimum atomic E-state index is -0.453. The third kappa shape index (κ3) is 7.82. The Morgan fingerprint density at radius 3 is 2.42 bits per heavy atom. The molecule has 0 fully saturated rings. The summed E-state index contributed by atoms with van der Waals surface area (Å²) in [5, 5.41) is 3.60. The van der Waals surface area contributed by atoms with Gasteiger partial charge in [0.2, 0.25) is 0 Å². The number of likely N-dealkylation sites (N-methyl/N-ethyl adjacent to an activating group) is 1. The third-order valence-electron chi connectivity index (χ3n) is 3.85. The molecule has 0 bridgehead atoms. The number of amides is 1. The molecule has 0 heterocycles. The van der Waals surface area contributed by atoms with Gasteiger partial charge in [-0.25, -0.2) is 4.79 Å². The molecule has 0 aliphatic rings. The van der Waals surface area contributed by atoms with Gasteiger partial charge in [0.1, 0.15) is 5.60 Å². The first-order chi connectivity index (χ1) is 11.4. The van der Waals surface area contributed by atoms with Crippen LogP contribution in [0.1, 0.15) is 65.5 Å². The van der Waals surface area contributed by atoms with Crippen LogP contribution in [0.4, 0.5) is 4.79 Å². The summed E-state index contributed by atoms with van der Waals surface area (Å²) in [4.78, 5) is 13.9. The van der Waals surface area contributed by atoms with E-state index >= 15 is 0 Å². The lowest BCUT2D eigenvalue weighted by Crippen LogP contribution is -2.40. The summed E-state index contributed by atoms with van der Waals surface area (Å²) in [6.07, 6.45) is 3.25. The summed E-state index contributed by atoms with van der Waals surface area (Å²) < 4.78 is 5.46. The number of benzene rings is 1. The Morgan fingerprint density at radius 1 is 1.21 bits per heavy atom. The molecule has 4 nitrogen and oxygen atoms in total. The monoisotopic (exact) mass is 334 g/mol. The van der Waals surface area contributed by atoms with Crippen molar-refractivity contribution in [3.8, 4) is 0 Å². The normalized spacial score (nSPS) is 12.7. The van der Waals surface area contributed by atoms with Crippen molar-refractivity contribution in [2.75, 3.05) is 19.6 Å². The Bertz CT molecular complexity index is 468. The fourth-order valence-electron chi connectivity index (χ4n) is 2.56. The molecule has 1 aromatic carbocycles. The van der Waals surface area contributed by atoms with Crippen LogP contribution in [0.2, 0.25) is 0 Å². The Morgan fingerprint density at radius 2 is 1.88 bits per heavy atom. The molecule has 0 aromatic heterocycles. The van der Waals surface area contributed by atoms with Gasteiger partial charge in [-0.2, -0.15) is 0 Å². The van der Waals surface area contributed by atoms with E-state index in [-0.39, 0.29) is 6.09 Å². The molecular weight excluding hydrogens is 300 g/mol. The maximum atomic E-state index is 12.2. The molecule has 24 heavy (non-hydrogen) atoms. The molecule has 0 saturated heterocycles. The second-order valence-electron chi connectivity index (χ2n) is 7.12. The minimum Gasteiger partial charge on any atom is -0.444 e. The molecule has 4 heteroatoms. The molecule has 0 spiro atoms. The first-order valence-electron chi connectivity index (χ1n) is 9.13. The number of carbonyl (C=O) groups is 1. The van der Waals surface area contributed by atoms with Crippen molar-refractivity contribution in [1.82, 2.24) is 10.2 Å². The van der Waals surface area contributed by atoms with Crippen LogP contribution < -0.4 is 5.32 Å².